The number of rotatable bonds is 20. The minimum absolute atomic E-state index is 0.178. The number of hydrogen-bond acceptors (Lipinski definition) is 29. The van der Waals surface area contributed by atoms with E-state index in [2.05, 4.69) is 221 Å². The highest BCUT2D eigenvalue weighted by Crippen LogP contribution is 2.48. The molecule has 2 aliphatic heterocycles. The summed E-state index contributed by atoms with van der Waals surface area (Å²) in [4.78, 5) is 75.1. The van der Waals surface area contributed by atoms with Gasteiger partial charge in [-0.2, -0.15) is 5.10 Å². The highest BCUT2D eigenvalue weighted by Gasteiger charge is 2.29. The maximum Gasteiger partial charge on any atom is 0.172 e. The average molecular weight is 2050 g/mol. The molecule has 40 heteroatoms. The van der Waals surface area contributed by atoms with Crippen molar-refractivity contribution in [1.29, 1.82) is 0 Å². The number of nitrogens with two attached hydrogens (primary N) is 6. The van der Waals surface area contributed by atoms with Crippen LogP contribution in [0, 0.1) is 11.8 Å². The lowest BCUT2D eigenvalue weighted by molar-refractivity contribution is 0.335. The number of anilines is 6. The van der Waals surface area contributed by atoms with Crippen molar-refractivity contribution in [3.05, 3.63) is 247 Å². The Morgan fingerprint density at radius 3 is 1.37 bits per heavy atom. The highest BCUT2D eigenvalue weighted by molar-refractivity contribution is 8.08. The minimum Gasteiger partial charge on any atom is -0.455 e. The Balaban J connectivity index is 0.000000108. The number of H-pyrrole nitrogens is 2. The van der Waals surface area contributed by atoms with Crippen LogP contribution in [0.1, 0.15) is 128 Å². The van der Waals surface area contributed by atoms with Crippen molar-refractivity contribution in [2.24, 2.45) is 11.8 Å². The topological polar surface area (TPSA) is 444 Å². The molecule has 142 heavy (non-hydrogen) atoms. The Kier molecular flexibility index (Phi) is 30.3. The van der Waals surface area contributed by atoms with E-state index in [-0.39, 0.29) is 12.1 Å². The van der Waals surface area contributed by atoms with Gasteiger partial charge < -0.3 is 82.6 Å². The fourth-order valence-corrected chi connectivity index (χ4v) is 23.9. The molecule has 2 saturated heterocycles. The number of thioether (sulfide) groups is 1. The van der Waals surface area contributed by atoms with Gasteiger partial charge in [0.2, 0.25) is 0 Å². The third-order valence-electron chi connectivity index (χ3n) is 25.0. The van der Waals surface area contributed by atoms with Crippen LogP contribution in [0.3, 0.4) is 0 Å². The summed E-state index contributed by atoms with van der Waals surface area (Å²) in [6.45, 7) is 18.8. The van der Waals surface area contributed by atoms with Crippen molar-refractivity contribution in [3.63, 3.8) is 0 Å². The van der Waals surface area contributed by atoms with Crippen molar-refractivity contribution >= 4 is 222 Å². The number of para-hydroxylation sites is 4. The van der Waals surface area contributed by atoms with E-state index in [0.717, 1.165) is 202 Å². The van der Waals surface area contributed by atoms with Gasteiger partial charge in [-0.05, 0) is 238 Å². The number of benzene rings is 6. The van der Waals surface area contributed by atoms with Gasteiger partial charge in [0.25, 0.3) is 0 Å². The Morgan fingerprint density at radius 2 is 0.838 bits per heavy atom. The van der Waals surface area contributed by atoms with Gasteiger partial charge in [-0.3, -0.25) is 0 Å². The number of piperidine rings is 2. The summed E-state index contributed by atoms with van der Waals surface area (Å²) >= 11 is 26.3. The highest BCUT2D eigenvalue weighted by atomic mass is 35.5. The molecule has 2 aliphatic carbocycles. The summed E-state index contributed by atoms with van der Waals surface area (Å²) in [6, 6.07) is 48.7. The molecule has 0 spiro atoms. The first kappa shape index (κ1) is 97.6. The van der Waals surface area contributed by atoms with E-state index in [0.29, 0.717) is 75.3 Å². The molecule has 32 nitrogen and oxygen atoms in total. The largest absolute Gasteiger partial charge is 0.455 e. The first-order chi connectivity index (χ1) is 69.0. The van der Waals surface area contributed by atoms with E-state index in [1.807, 2.05) is 120 Å². The molecule has 0 atom stereocenters. The predicted octanol–water partition coefficient (Wildman–Crippen LogP) is 23.1. The molecule has 0 unspecified atom stereocenters. The Bertz CT molecular complexity index is 7710. The van der Waals surface area contributed by atoms with Gasteiger partial charge in [0.1, 0.15) is 117 Å². The number of fused-ring (bicyclic) bond motifs is 9. The number of aromatic amines is 2. The lowest BCUT2D eigenvalue weighted by Gasteiger charge is -2.23. The second-order valence-corrected chi connectivity index (χ2v) is 42.3. The fraction of sp³-hybridized carbons (Fsp3) is 0.265. The fourth-order valence-electron chi connectivity index (χ4n) is 18.0. The maximum atomic E-state index is 6.27. The molecule has 24 rings (SSSR count). The van der Waals surface area contributed by atoms with Crippen LogP contribution < -0.4 is 49.8 Å². The standard InChI is InChI=1S/C21H23N5S.C18H20ClN5O.C17H17ClN4S.C16H16N6S.C15H15ClN4S.C15H15N7S/c22-20-19-18(27-17-6-5-15-3-1-2-4-16(15)17)12-26(21(19)25-13-24-20)11-14-7-9-23-10-8-14;19-13-2-1-3-14(8-13)25-15-10-24(9-12-4-6-21-7-5-12)18-16(15)17(20)22-11-23-18;18-11-4-3-7-13(8-11)23-14-9-22(12-5-1-2-6-12)17-15(14)16(19)20-10-21-17;1-9(2)22-7-12(13-14(17)18-8-19-15(13)22)23-16-20-10-5-3-4-6-11(10)21-16;1-9(2)20-7-12(13-14(17)18-8-19-15(13)20)21-11-5-3-4-10(16)6-11;1-8(2)22-13-11(12(16)17-7-18-13)14(21-22)23-15-19-9-5-3-4-6-10(9)20-15/h1-4,6,12-14,23H,5,7-11H2,(H2,22,24,25);1-3,8,10-12,21H,4-7,9H2,(H2,20,22,23);3-4,7-10,12H,1-2,5-6H2,(H2,19,20,21);3-9H,1-2H3,(H,20,21)(H2,17,18,19);3-9H,1-2H3,(H2,17,18,19);3-8H,1-2H3,(H,19,20)(H2,16,17,18). The molecule has 6 aromatic carbocycles. The van der Waals surface area contributed by atoms with Gasteiger partial charge in [-0.25, -0.2) is 74.5 Å². The predicted molar refractivity (Wildman–Crippen MR) is 576 cm³/mol. The van der Waals surface area contributed by atoms with E-state index in [1.165, 1.54) is 91.6 Å². The van der Waals surface area contributed by atoms with Crippen LogP contribution in [-0.2, 0) is 19.5 Å². The molecule has 14 aromatic heterocycles. The van der Waals surface area contributed by atoms with Crippen molar-refractivity contribution in [1.82, 2.24) is 123 Å². The number of ether oxygens (including phenoxy) is 1. The number of nitrogen functional groups attached to an aromatic ring is 6. The Hall–Kier alpha value is -13.2. The number of nitrogens with zero attached hydrogens (tertiary/aromatic N) is 21. The lowest BCUT2D eigenvalue weighted by Crippen LogP contribution is -2.29. The van der Waals surface area contributed by atoms with Crippen LogP contribution in [0.25, 0.3) is 93.2 Å². The first-order valence-electron chi connectivity index (χ1n) is 47.0. The number of imidazole rings is 2. The first-order valence-corrected chi connectivity index (χ1v) is 52.2. The van der Waals surface area contributed by atoms with Gasteiger partial charge >= 0.3 is 0 Å². The average Bonchev–Trinajstić information content (AvgIpc) is 1.66. The van der Waals surface area contributed by atoms with Crippen LogP contribution in [0.5, 0.6) is 11.5 Å². The second-order valence-electron chi connectivity index (χ2n) is 35.6. The van der Waals surface area contributed by atoms with Crippen LogP contribution in [-0.4, -0.2) is 139 Å². The molecule has 4 aliphatic rings. The zero-order chi connectivity index (χ0) is 98.2. The van der Waals surface area contributed by atoms with Gasteiger partial charge in [-0.15, -0.1) is 0 Å². The molecular weight excluding hydrogens is 1940 g/mol. The van der Waals surface area contributed by atoms with E-state index in [9.17, 15) is 0 Å². The molecule has 0 radical (unpaired) electrons. The molecule has 726 valence electrons. The number of nitrogens with one attached hydrogen (secondary N) is 4. The summed E-state index contributed by atoms with van der Waals surface area (Å²) in [7, 11) is 0. The lowest BCUT2D eigenvalue weighted by atomic mass is 9.98. The second kappa shape index (κ2) is 44.1. The molecule has 3 fully saturated rings. The molecule has 0 amide bonds. The smallest absolute Gasteiger partial charge is 0.172 e. The zero-order valence-corrected chi connectivity index (χ0v) is 85.1. The Morgan fingerprint density at radius 1 is 0.401 bits per heavy atom. The van der Waals surface area contributed by atoms with Crippen LogP contribution in [0.4, 0.5) is 34.9 Å². The normalized spacial score (nSPS) is 14.0. The van der Waals surface area contributed by atoms with Crippen molar-refractivity contribution < 1.29 is 4.74 Å². The van der Waals surface area contributed by atoms with Gasteiger partial charge in [0.15, 0.2) is 21.7 Å². The summed E-state index contributed by atoms with van der Waals surface area (Å²) in [5.74, 6) is 5.58. The summed E-state index contributed by atoms with van der Waals surface area (Å²) in [5, 5.41) is 21.2. The van der Waals surface area contributed by atoms with Crippen LogP contribution in [0.2, 0.25) is 15.1 Å². The van der Waals surface area contributed by atoms with E-state index in [1.54, 1.807) is 65.8 Å². The number of halogens is 3. The summed E-state index contributed by atoms with van der Waals surface area (Å²) < 4.78 is 18.8. The molecule has 1 saturated carbocycles. The number of allylic oxidation sites excluding steroid dienone is 1. The molecule has 20 aromatic rings. The van der Waals surface area contributed by atoms with Gasteiger partial charge in [0.05, 0.1) is 49.0 Å². The quantitative estimate of drug-likeness (QED) is 0.0339. The zero-order valence-electron chi connectivity index (χ0n) is 78.8. The molecular formula is C102H106Cl3N31OS5. The number of aromatic nitrogens is 23. The summed E-state index contributed by atoms with van der Waals surface area (Å²) in [6.07, 6.45) is 32.6. The van der Waals surface area contributed by atoms with E-state index >= 15 is 0 Å². The molecule has 0 bridgehead atoms. The monoisotopic (exact) mass is 2050 g/mol. The SMILES string of the molecule is CC(C)n1cc(Sc2cccc(Cl)c2)c2c(N)ncnc21.CC(C)n1cc(Sc2nc3ccccc3[nH]2)c2c(N)ncnc21.CC(C)n1nc(Sc2nc3ccccc3[nH]2)c2c(N)ncnc21.Nc1ncnc2c1c(Oc1cccc(Cl)c1)cn2CC1CCNCC1.Nc1ncnc2c1c(SC1=CCc3ccccc31)cn2CC1CCNCC1.Nc1ncnc2c1c(Sc1cccc(Cl)c1)cn2C1CCCC1. The molecule has 16 heterocycles. The van der Waals surface area contributed by atoms with Crippen molar-refractivity contribution in [2.75, 3.05) is 60.6 Å². The molecule has 16 N–H and O–H groups in total. The number of hydrogen-bond donors (Lipinski definition) is 10. The van der Waals surface area contributed by atoms with Gasteiger partial charge in [-0.1, -0.05) is 156 Å². The maximum absolute atomic E-state index is 6.27. The Labute approximate surface area is 854 Å². The third kappa shape index (κ3) is 22.0. The van der Waals surface area contributed by atoms with Crippen LogP contribution in [0.15, 0.2) is 265 Å². The minimum atomic E-state index is 0.178. The van der Waals surface area contributed by atoms with E-state index in [4.69, 9.17) is 73.9 Å². The summed E-state index contributed by atoms with van der Waals surface area (Å²) in [5.41, 5.74) is 48.5. The van der Waals surface area contributed by atoms with E-state index < -0.39 is 0 Å². The van der Waals surface area contributed by atoms with Crippen molar-refractivity contribution in [2.45, 2.75) is 181 Å². The third-order valence-corrected chi connectivity index (χ3v) is 30.6. The van der Waals surface area contributed by atoms with Crippen molar-refractivity contribution in [3.8, 4) is 11.5 Å². The van der Waals surface area contributed by atoms with Gasteiger partial charge in [0, 0.05) is 118 Å². The van der Waals surface area contributed by atoms with Crippen LogP contribution >= 0.6 is 93.6 Å².